The molecule has 4 rings (SSSR count). The molecule has 26 heavy (non-hydrogen) atoms. The van der Waals surface area contributed by atoms with Gasteiger partial charge in [0.1, 0.15) is 5.52 Å². The Morgan fingerprint density at radius 1 is 1.00 bits per heavy atom. The van der Waals surface area contributed by atoms with Gasteiger partial charge in [0.15, 0.2) is 0 Å². The van der Waals surface area contributed by atoms with Crippen molar-refractivity contribution >= 4 is 21.8 Å². The molecule has 4 aromatic rings. The number of rotatable bonds is 2. The van der Waals surface area contributed by atoms with Gasteiger partial charge < -0.3 is 9.77 Å². The predicted molar refractivity (Wildman–Crippen MR) is 92.8 cm³/mol. The van der Waals surface area contributed by atoms with E-state index < -0.39 is 11.7 Å². The summed E-state index contributed by atoms with van der Waals surface area (Å²) in [7, 11) is 0. The van der Waals surface area contributed by atoms with E-state index in [0.717, 1.165) is 33.6 Å². The molecule has 134 valence electrons. The van der Waals surface area contributed by atoms with Gasteiger partial charge in [0.25, 0.3) is 0 Å². The monoisotopic (exact) mass is 359 g/mol. The Bertz CT molecular complexity index is 1120. The van der Waals surface area contributed by atoms with Gasteiger partial charge in [-0.1, -0.05) is 19.9 Å². The van der Waals surface area contributed by atoms with Crippen molar-refractivity contribution in [1.29, 1.82) is 0 Å². The number of hydrogen-bond donors (Lipinski definition) is 1. The zero-order valence-electron chi connectivity index (χ0n) is 14.1. The van der Waals surface area contributed by atoms with E-state index in [2.05, 4.69) is 5.10 Å². The number of hydrogen-bond acceptors (Lipinski definition) is 2. The molecule has 4 nitrogen and oxygen atoms in total. The van der Waals surface area contributed by atoms with E-state index >= 15 is 0 Å². The molecular formula is C19H16F3N3O. The summed E-state index contributed by atoms with van der Waals surface area (Å²) in [5, 5.41) is 15.1. The number of benzene rings is 2. The lowest BCUT2D eigenvalue weighted by Crippen LogP contribution is -2.07. The van der Waals surface area contributed by atoms with E-state index in [-0.39, 0.29) is 5.92 Å². The molecule has 0 spiro atoms. The second-order valence-electron chi connectivity index (χ2n) is 6.61. The molecule has 0 fully saturated rings. The number of nitrogens with zero attached hydrogens (tertiary/aromatic N) is 3. The SMILES string of the molecule is CC(C)c1cc2cc3c(cnn3O)cc2n1-c1cccc(C(F)(F)F)c1. The van der Waals surface area contributed by atoms with Crippen LogP contribution in [-0.2, 0) is 6.18 Å². The van der Waals surface area contributed by atoms with Crippen LogP contribution in [0.3, 0.4) is 0 Å². The Hall–Kier alpha value is -2.96. The smallest absolute Gasteiger partial charge is 0.411 e. The van der Waals surface area contributed by atoms with Crippen molar-refractivity contribution in [2.24, 2.45) is 0 Å². The van der Waals surface area contributed by atoms with Gasteiger partial charge in [0, 0.05) is 22.2 Å². The molecule has 0 amide bonds. The van der Waals surface area contributed by atoms with E-state index in [1.807, 2.05) is 30.5 Å². The van der Waals surface area contributed by atoms with Crippen molar-refractivity contribution in [1.82, 2.24) is 14.5 Å². The van der Waals surface area contributed by atoms with Crippen LogP contribution in [0.25, 0.3) is 27.5 Å². The highest BCUT2D eigenvalue weighted by molar-refractivity contribution is 5.96. The first-order chi connectivity index (χ1) is 12.3. The molecule has 0 aliphatic heterocycles. The number of halogens is 3. The van der Waals surface area contributed by atoms with Crippen LogP contribution in [0.2, 0.25) is 0 Å². The van der Waals surface area contributed by atoms with Gasteiger partial charge in [0.2, 0.25) is 0 Å². The first-order valence-electron chi connectivity index (χ1n) is 8.16. The molecule has 0 aliphatic rings. The van der Waals surface area contributed by atoms with E-state index in [0.29, 0.717) is 16.6 Å². The molecule has 0 aliphatic carbocycles. The fourth-order valence-corrected chi connectivity index (χ4v) is 3.27. The first-order valence-corrected chi connectivity index (χ1v) is 8.16. The lowest BCUT2D eigenvalue weighted by atomic mass is 10.1. The van der Waals surface area contributed by atoms with E-state index in [4.69, 9.17) is 0 Å². The highest BCUT2D eigenvalue weighted by Crippen LogP contribution is 2.35. The summed E-state index contributed by atoms with van der Waals surface area (Å²) < 4.78 is 41.3. The van der Waals surface area contributed by atoms with Crippen LogP contribution in [0.1, 0.15) is 31.0 Å². The van der Waals surface area contributed by atoms with E-state index in [1.165, 1.54) is 12.3 Å². The minimum atomic E-state index is -4.40. The summed E-state index contributed by atoms with van der Waals surface area (Å²) in [6.45, 7) is 3.98. The van der Waals surface area contributed by atoms with Crippen LogP contribution in [0, 0.1) is 0 Å². The average Bonchev–Trinajstić information content (AvgIpc) is 3.13. The molecule has 2 heterocycles. The minimum Gasteiger partial charge on any atom is -0.411 e. The van der Waals surface area contributed by atoms with Crippen molar-refractivity contribution in [3.05, 3.63) is 59.9 Å². The zero-order valence-corrected chi connectivity index (χ0v) is 14.1. The lowest BCUT2D eigenvalue weighted by Gasteiger charge is -2.15. The average molecular weight is 359 g/mol. The van der Waals surface area contributed by atoms with Crippen molar-refractivity contribution in [2.75, 3.05) is 0 Å². The van der Waals surface area contributed by atoms with Crippen LogP contribution < -0.4 is 0 Å². The van der Waals surface area contributed by atoms with Crippen LogP contribution in [0.4, 0.5) is 13.2 Å². The molecule has 0 saturated heterocycles. The number of aromatic nitrogens is 3. The molecule has 0 radical (unpaired) electrons. The third kappa shape index (κ3) is 2.51. The summed E-state index contributed by atoms with van der Waals surface area (Å²) in [5.41, 5.74) is 1.98. The second-order valence-corrected chi connectivity index (χ2v) is 6.61. The summed E-state index contributed by atoms with van der Waals surface area (Å²) in [6.07, 6.45) is -2.88. The van der Waals surface area contributed by atoms with Gasteiger partial charge in [-0.3, -0.25) is 0 Å². The Kier molecular flexibility index (Phi) is 3.50. The third-order valence-electron chi connectivity index (χ3n) is 4.52. The Balaban J connectivity index is 2.04. The maximum atomic E-state index is 13.1. The van der Waals surface area contributed by atoms with Crippen molar-refractivity contribution in [3.8, 4) is 5.69 Å². The largest absolute Gasteiger partial charge is 0.416 e. The molecule has 1 N–H and O–H groups in total. The van der Waals surface area contributed by atoms with Gasteiger partial charge in [-0.2, -0.15) is 13.2 Å². The Morgan fingerprint density at radius 3 is 2.42 bits per heavy atom. The minimum absolute atomic E-state index is 0.102. The fourth-order valence-electron chi connectivity index (χ4n) is 3.27. The molecule has 0 saturated carbocycles. The fraction of sp³-hybridized carbons (Fsp3) is 0.211. The topological polar surface area (TPSA) is 43.0 Å². The molecule has 2 aromatic heterocycles. The number of fused-ring (bicyclic) bond motifs is 2. The van der Waals surface area contributed by atoms with Crippen molar-refractivity contribution in [2.45, 2.75) is 25.9 Å². The van der Waals surface area contributed by atoms with Crippen LogP contribution in [0.15, 0.2) is 48.7 Å². The van der Waals surface area contributed by atoms with Gasteiger partial charge in [-0.25, -0.2) is 0 Å². The van der Waals surface area contributed by atoms with Crippen molar-refractivity contribution in [3.63, 3.8) is 0 Å². The molecule has 0 bridgehead atoms. The molecule has 2 aromatic carbocycles. The first kappa shape index (κ1) is 16.5. The summed E-state index contributed by atoms with van der Waals surface area (Å²) in [5.74, 6) is 0.102. The Morgan fingerprint density at radius 2 is 1.73 bits per heavy atom. The zero-order chi connectivity index (χ0) is 18.6. The van der Waals surface area contributed by atoms with Crippen LogP contribution in [0.5, 0.6) is 0 Å². The van der Waals surface area contributed by atoms with Gasteiger partial charge in [-0.05, 0) is 42.3 Å². The maximum Gasteiger partial charge on any atom is 0.416 e. The highest BCUT2D eigenvalue weighted by Gasteiger charge is 2.30. The molecule has 7 heteroatoms. The summed E-state index contributed by atoms with van der Waals surface area (Å²) >= 11 is 0. The summed E-state index contributed by atoms with van der Waals surface area (Å²) in [6, 6.07) is 10.9. The molecule has 0 unspecified atom stereocenters. The highest BCUT2D eigenvalue weighted by atomic mass is 19.4. The Labute approximate surface area is 147 Å². The van der Waals surface area contributed by atoms with E-state index in [9.17, 15) is 18.4 Å². The van der Waals surface area contributed by atoms with E-state index in [1.54, 1.807) is 12.1 Å². The molecular weight excluding hydrogens is 343 g/mol. The van der Waals surface area contributed by atoms with Crippen molar-refractivity contribution < 1.29 is 18.4 Å². The second kappa shape index (κ2) is 5.52. The lowest BCUT2D eigenvalue weighted by molar-refractivity contribution is -0.137. The third-order valence-corrected chi connectivity index (χ3v) is 4.52. The van der Waals surface area contributed by atoms with Crippen LogP contribution in [-0.4, -0.2) is 19.7 Å². The van der Waals surface area contributed by atoms with Gasteiger partial charge in [0.05, 0.1) is 17.3 Å². The van der Waals surface area contributed by atoms with Gasteiger partial charge in [-0.15, -0.1) is 9.94 Å². The summed E-state index contributed by atoms with van der Waals surface area (Å²) in [4.78, 5) is 0.797. The normalized spacial score (nSPS) is 12.5. The van der Waals surface area contributed by atoms with Crippen LogP contribution >= 0.6 is 0 Å². The predicted octanol–water partition coefficient (Wildman–Crippen LogP) is 5.36. The molecule has 0 atom stereocenters. The maximum absolute atomic E-state index is 13.1. The number of alkyl halides is 3. The quantitative estimate of drug-likeness (QED) is 0.490. The van der Waals surface area contributed by atoms with Gasteiger partial charge >= 0.3 is 6.18 Å². The standard InChI is InChI=1S/C19H16F3N3O/c1-11(2)16-6-12-7-18-13(10-23-25(18)26)8-17(12)24(16)15-5-3-4-14(9-15)19(20,21)22/h3-11,26H,1-2H3.